The lowest BCUT2D eigenvalue weighted by Gasteiger charge is -2.24. The van der Waals surface area contributed by atoms with E-state index in [1.165, 1.54) is 25.7 Å². The summed E-state index contributed by atoms with van der Waals surface area (Å²) in [4.78, 5) is 7.53. The zero-order valence-corrected chi connectivity index (χ0v) is 14.9. The van der Waals surface area contributed by atoms with Crippen LogP contribution in [-0.2, 0) is 4.74 Å². The molecule has 2 unspecified atom stereocenters. The van der Waals surface area contributed by atoms with E-state index in [-0.39, 0.29) is 1.43 Å². The summed E-state index contributed by atoms with van der Waals surface area (Å²) in [5.74, 6) is 2.40. The first-order chi connectivity index (χ1) is 12.3. The second-order valence-corrected chi connectivity index (χ2v) is 6.95. The summed E-state index contributed by atoms with van der Waals surface area (Å²) >= 11 is 0. The first-order valence-electron chi connectivity index (χ1n) is 9.24. The molecule has 136 valence electrons. The maximum atomic E-state index is 4.86. The molecule has 0 spiro atoms. The molecule has 7 heteroatoms. The zero-order chi connectivity index (χ0) is 17.2. The van der Waals surface area contributed by atoms with Crippen LogP contribution in [0.4, 0.5) is 0 Å². The predicted octanol–water partition coefficient (Wildman–Crippen LogP) is 2.75. The minimum Gasteiger partial charge on any atom is -0.378 e. The molecule has 0 aromatic carbocycles. The molecule has 3 aromatic heterocycles. The van der Waals surface area contributed by atoms with E-state index in [4.69, 9.17) is 4.74 Å². The molecule has 2 fully saturated rings. The molecular formula is C18H28N6O. The van der Waals surface area contributed by atoms with Gasteiger partial charge in [-0.3, -0.25) is 4.40 Å². The summed E-state index contributed by atoms with van der Waals surface area (Å²) in [5.41, 5.74) is 2.84. The minimum atomic E-state index is 0. The molecule has 2 N–H and O–H groups in total. The summed E-state index contributed by atoms with van der Waals surface area (Å²) < 4.78 is 7.04. The number of aromatic amines is 1. The molecule has 3 aromatic rings. The minimum absolute atomic E-state index is 0. The fourth-order valence-electron chi connectivity index (χ4n) is 3.91. The fourth-order valence-corrected chi connectivity index (χ4v) is 3.91. The molecule has 1 saturated carbocycles. The van der Waals surface area contributed by atoms with Crippen LogP contribution in [0, 0.1) is 5.92 Å². The number of ether oxygens (including phenoxy) is 1. The average molecular weight is 344 g/mol. The van der Waals surface area contributed by atoms with Crippen molar-refractivity contribution in [2.75, 3.05) is 20.3 Å². The molecular weight excluding hydrogens is 316 g/mol. The van der Waals surface area contributed by atoms with Crippen LogP contribution < -0.4 is 5.32 Å². The first kappa shape index (κ1) is 16.5. The molecule has 4 heterocycles. The Hall–Kier alpha value is -1.99. The molecule has 2 atom stereocenters. The fraction of sp³-hybridized carbons (Fsp3) is 0.611. The number of likely N-dealkylation sites (N-methyl/N-ethyl adjacent to an activating group) is 1. The Kier molecular flexibility index (Phi) is 4.67. The van der Waals surface area contributed by atoms with E-state index in [1.807, 2.05) is 13.2 Å². The van der Waals surface area contributed by atoms with Gasteiger partial charge in [-0.05, 0) is 31.9 Å². The van der Waals surface area contributed by atoms with Gasteiger partial charge in [0.25, 0.3) is 0 Å². The van der Waals surface area contributed by atoms with Gasteiger partial charge in [0.05, 0.1) is 31.0 Å². The van der Waals surface area contributed by atoms with E-state index in [1.54, 1.807) is 6.20 Å². The van der Waals surface area contributed by atoms with Crippen LogP contribution in [0.15, 0.2) is 18.5 Å². The topological polar surface area (TPSA) is 80.1 Å². The van der Waals surface area contributed by atoms with Crippen molar-refractivity contribution in [3.05, 3.63) is 24.3 Å². The number of nitrogens with zero attached hydrogens (tertiary/aromatic N) is 4. The van der Waals surface area contributed by atoms with Crippen molar-refractivity contribution >= 4 is 16.8 Å². The van der Waals surface area contributed by atoms with E-state index in [0.717, 1.165) is 41.8 Å². The highest BCUT2D eigenvalue weighted by molar-refractivity contribution is 5.74. The maximum Gasteiger partial charge on any atom is 0.179 e. The number of nitrogens with one attached hydrogen (secondary N) is 2. The number of aromatic nitrogens is 5. The Morgan fingerprint density at radius 1 is 1.36 bits per heavy atom. The molecule has 1 aliphatic heterocycles. The third-order valence-corrected chi connectivity index (χ3v) is 5.53. The largest absolute Gasteiger partial charge is 0.378 e. The van der Waals surface area contributed by atoms with Gasteiger partial charge in [-0.1, -0.05) is 19.8 Å². The third-order valence-electron chi connectivity index (χ3n) is 5.53. The van der Waals surface area contributed by atoms with Gasteiger partial charge < -0.3 is 15.0 Å². The van der Waals surface area contributed by atoms with E-state index < -0.39 is 0 Å². The monoisotopic (exact) mass is 344 g/mol. The molecule has 0 radical (unpaired) electrons. The normalized spacial score (nSPS) is 23.6. The average Bonchev–Trinajstić information content (AvgIpc) is 3.31. The summed E-state index contributed by atoms with van der Waals surface area (Å²) in [7, 11) is 1.95. The lowest BCUT2D eigenvalue weighted by atomic mass is 9.93. The van der Waals surface area contributed by atoms with Crippen molar-refractivity contribution in [3.63, 3.8) is 0 Å². The van der Waals surface area contributed by atoms with E-state index >= 15 is 0 Å². The number of hydrogen-bond donors (Lipinski definition) is 2. The van der Waals surface area contributed by atoms with Crippen molar-refractivity contribution in [1.29, 1.82) is 0 Å². The van der Waals surface area contributed by atoms with Crippen LogP contribution in [0.5, 0.6) is 0 Å². The molecule has 25 heavy (non-hydrogen) atoms. The van der Waals surface area contributed by atoms with Crippen LogP contribution >= 0.6 is 0 Å². The SMILES string of the molecule is CCC1CCCC1c1nnc2cnc3[nH]ccc3n12.CNC1COC1.[HH]. The predicted molar refractivity (Wildman–Crippen MR) is 98.8 cm³/mol. The van der Waals surface area contributed by atoms with E-state index in [2.05, 4.69) is 42.9 Å². The van der Waals surface area contributed by atoms with Crippen molar-refractivity contribution in [2.24, 2.45) is 5.92 Å². The number of rotatable bonds is 3. The van der Waals surface area contributed by atoms with Gasteiger partial charge in [0, 0.05) is 13.5 Å². The standard InChI is InChI=1S/C14H17N5.C4H9NO.H2/c1-2-9-4-3-5-10(9)14-18-17-12-8-16-13-11(19(12)14)6-7-15-13;1-5-4-2-6-3-4;/h6-10,15H,2-5H2,1H3;4-5H,2-3H2,1H3;1H. The maximum absolute atomic E-state index is 4.86. The third kappa shape index (κ3) is 3.02. The van der Waals surface area contributed by atoms with Crippen molar-refractivity contribution in [1.82, 2.24) is 29.9 Å². The number of fused-ring (bicyclic) bond motifs is 3. The van der Waals surface area contributed by atoms with Crippen molar-refractivity contribution in [3.8, 4) is 0 Å². The smallest absolute Gasteiger partial charge is 0.179 e. The van der Waals surface area contributed by atoms with Gasteiger partial charge in [-0.2, -0.15) is 0 Å². The second-order valence-electron chi connectivity index (χ2n) is 6.95. The van der Waals surface area contributed by atoms with Gasteiger partial charge >= 0.3 is 0 Å². The lowest BCUT2D eigenvalue weighted by molar-refractivity contribution is -0.00169. The highest BCUT2D eigenvalue weighted by Gasteiger charge is 2.31. The lowest BCUT2D eigenvalue weighted by Crippen LogP contribution is -2.43. The Morgan fingerprint density at radius 3 is 2.92 bits per heavy atom. The molecule has 7 nitrogen and oxygen atoms in total. The molecule has 5 rings (SSSR count). The van der Waals surface area contributed by atoms with Crippen LogP contribution in [0.3, 0.4) is 0 Å². The van der Waals surface area contributed by atoms with E-state index in [0.29, 0.717) is 12.0 Å². The Bertz CT molecular complexity index is 840. The summed E-state index contributed by atoms with van der Waals surface area (Å²) in [6.07, 6.45) is 8.80. The van der Waals surface area contributed by atoms with Crippen LogP contribution in [-0.4, -0.2) is 50.9 Å². The first-order valence-corrected chi connectivity index (χ1v) is 9.24. The molecule has 2 aliphatic rings. The van der Waals surface area contributed by atoms with Gasteiger partial charge in [0.1, 0.15) is 5.82 Å². The highest BCUT2D eigenvalue weighted by atomic mass is 16.5. The highest BCUT2D eigenvalue weighted by Crippen LogP contribution is 2.40. The van der Waals surface area contributed by atoms with Crippen LogP contribution in [0.1, 0.15) is 45.8 Å². The van der Waals surface area contributed by atoms with Gasteiger partial charge in [0.2, 0.25) is 0 Å². The molecule has 1 saturated heterocycles. The summed E-state index contributed by atoms with van der Waals surface area (Å²) in [6, 6.07) is 2.70. The van der Waals surface area contributed by atoms with Crippen molar-refractivity contribution < 1.29 is 6.16 Å². The Morgan fingerprint density at radius 2 is 2.24 bits per heavy atom. The zero-order valence-electron chi connectivity index (χ0n) is 14.9. The molecule has 0 bridgehead atoms. The number of hydrogen-bond acceptors (Lipinski definition) is 5. The summed E-state index contributed by atoms with van der Waals surface area (Å²) in [6.45, 7) is 4.08. The number of H-pyrrole nitrogens is 1. The molecule has 1 aliphatic carbocycles. The van der Waals surface area contributed by atoms with Crippen LogP contribution in [0.2, 0.25) is 0 Å². The quantitative estimate of drug-likeness (QED) is 0.764. The Balaban J connectivity index is 0.000000241. The van der Waals surface area contributed by atoms with Gasteiger partial charge in [0.15, 0.2) is 11.3 Å². The Labute approximate surface area is 148 Å². The van der Waals surface area contributed by atoms with Gasteiger partial charge in [-0.15, -0.1) is 10.2 Å². The molecule has 0 amide bonds. The van der Waals surface area contributed by atoms with Gasteiger partial charge in [-0.25, -0.2) is 4.98 Å². The summed E-state index contributed by atoms with van der Waals surface area (Å²) in [5, 5.41) is 11.8. The van der Waals surface area contributed by atoms with Crippen LogP contribution in [0.25, 0.3) is 16.8 Å². The van der Waals surface area contributed by atoms with E-state index in [9.17, 15) is 0 Å². The second kappa shape index (κ2) is 7.09. The van der Waals surface area contributed by atoms with Crippen molar-refractivity contribution in [2.45, 2.75) is 44.6 Å².